The average molecular weight is 314 g/mol. The maximum atomic E-state index is 9.60. The first-order chi connectivity index (χ1) is 11.3. The highest BCUT2D eigenvalue weighted by atomic mass is 16.3. The first-order valence-corrected chi connectivity index (χ1v) is 8.37. The van der Waals surface area contributed by atoms with E-state index in [0.29, 0.717) is 12.0 Å². The molecule has 0 radical (unpaired) electrons. The van der Waals surface area contributed by atoms with Crippen LogP contribution in [0.25, 0.3) is 11.3 Å². The van der Waals surface area contributed by atoms with Gasteiger partial charge in [-0.15, -0.1) is 0 Å². The van der Waals surface area contributed by atoms with Crippen molar-refractivity contribution in [3.05, 3.63) is 18.5 Å². The lowest BCUT2D eigenvalue weighted by Gasteiger charge is -2.26. The minimum absolute atomic E-state index is 0.148. The van der Waals surface area contributed by atoms with Crippen molar-refractivity contribution in [2.75, 3.05) is 17.2 Å². The Balaban J connectivity index is 1.53. The van der Waals surface area contributed by atoms with Gasteiger partial charge >= 0.3 is 0 Å². The fourth-order valence-corrected chi connectivity index (χ4v) is 3.35. The Hall–Kier alpha value is -2.15. The second-order valence-electron chi connectivity index (χ2n) is 6.33. The van der Waals surface area contributed by atoms with E-state index >= 15 is 0 Å². The number of nitrogens with one attached hydrogen (secondary N) is 2. The summed E-state index contributed by atoms with van der Waals surface area (Å²) >= 11 is 0. The molecule has 1 aliphatic heterocycles. The van der Waals surface area contributed by atoms with E-state index in [-0.39, 0.29) is 6.10 Å². The zero-order valence-corrected chi connectivity index (χ0v) is 13.1. The number of aryl methyl sites for hydroxylation is 1. The summed E-state index contributed by atoms with van der Waals surface area (Å²) < 4.78 is 2.00. The summed E-state index contributed by atoms with van der Waals surface area (Å²) in [6, 6.07) is 2.26. The zero-order chi connectivity index (χ0) is 15.6. The van der Waals surface area contributed by atoms with Gasteiger partial charge in [-0.05, 0) is 38.2 Å². The maximum absolute atomic E-state index is 9.60. The molecule has 23 heavy (non-hydrogen) atoms. The van der Waals surface area contributed by atoms with Gasteiger partial charge in [0.15, 0.2) is 0 Å². The van der Waals surface area contributed by atoms with Crippen LogP contribution in [-0.4, -0.2) is 43.5 Å². The summed E-state index contributed by atoms with van der Waals surface area (Å²) in [5, 5.41) is 20.8. The number of hydrogen-bond donors (Lipinski definition) is 3. The van der Waals surface area contributed by atoms with Gasteiger partial charge in [0.05, 0.1) is 23.6 Å². The predicted octanol–water partition coefficient (Wildman–Crippen LogP) is 1.87. The lowest BCUT2D eigenvalue weighted by atomic mass is 9.93. The first kappa shape index (κ1) is 14.4. The van der Waals surface area contributed by atoms with Crippen molar-refractivity contribution in [1.82, 2.24) is 19.7 Å². The van der Waals surface area contributed by atoms with Crippen molar-refractivity contribution in [2.24, 2.45) is 0 Å². The molecule has 2 aliphatic rings. The van der Waals surface area contributed by atoms with Crippen LogP contribution in [0, 0.1) is 0 Å². The molecule has 2 aromatic heterocycles. The van der Waals surface area contributed by atoms with Gasteiger partial charge in [-0.25, -0.2) is 14.6 Å². The van der Waals surface area contributed by atoms with E-state index in [0.717, 1.165) is 62.3 Å². The van der Waals surface area contributed by atoms with E-state index in [1.807, 2.05) is 16.9 Å². The Morgan fingerprint density at radius 3 is 3.00 bits per heavy atom. The van der Waals surface area contributed by atoms with Gasteiger partial charge in [-0.3, -0.25) is 0 Å². The number of aromatic nitrogens is 4. The molecule has 3 N–H and O–H groups in total. The summed E-state index contributed by atoms with van der Waals surface area (Å²) in [5.74, 6) is 1.70. The number of fused-ring (bicyclic) bond motifs is 1. The maximum Gasteiger partial charge on any atom is 0.223 e. The molecule has 122 valence electrons. The van der Waals surface area contributed by atoms with E-state index in [1.54, 1.807) is 6.20 Å². The van der Waals surface area contributed by atoms with E-state index in [4.69, 9.17) is 0 Å². The Morgan fingerprint density at radius 2 is 2.13 bits per heavy atom. The lowest BCUT2D eigenvalue weighted by Crippen LogP contribution is -2.28. The summed E-state index contributed by atoms with van der Waals surface area (Å²) in [6.45, 7) is 1.92. The molecule has 4 rings (SSSR count). The minimum atomic E-state index is -0.148. The van der Waals surface area contributed by atoms with Crippen LogP contribution in [0.2, 0.25) is 0 Å². The SMILES string of the molecule is O[C@H]1CC[C@H](Nc2nccc(-c3cnn4c3NCCC4)n2)CC1. The van der Waals surface area contributed by atoms with Gasteiger partial charge in [0.25, 0.3) is 0 Å². The number of aliphatic hydroxyl groups excluding tert-OH is 1. The number of anilines is 2. The van der Waals surface area contributed by atoms with E-state index in [1.165, 1.54) is 0 Å². The van der Waals surface area contributed by atoms with Gasteiger partial charge in [-0.1, -0.05) is 0 Å². The smallest absolute Gasteiger partial charge is 0.223 e. The molecule has 1 aliphatic carbocycles. The molecule has 2 aromatic rings. The van der Waals surface area contributed by atoms with Gasteiger partial charge in [0, 0.05) is 25.3 Å². The monoisotopic (exact) mass is 314 g/mol. The molecular weight excluding hydrogens is 292 g/mol. The minimum Gasteiger partial charge on any atom is -0.393 e. The van der Waals surface area contributed by atoms with Crippen LogP contribution < -0.4 is 10.6 Å². The van der Waals surface area contributed by atoms with Crippen LogP contribution >= 0.6 is 0 Å². The average Bonchev–Trinajstić information content (AvgIpc) is 3.01. The Morgan fingerprint density at radius 1 is 1.26 bits per heavy atom. The zero-order valence-electron chi connectivity index (χ0n) is 13.1. The molecule has 7 nitrogen and oxygen atoms in total. The van der Waals surface area contributed by atoms with Crippen LogP contribution in [0.1, 0.15) is 32.1 Å². The molecule has 1 saturated carbocycles. The van der Waals surface area contributed by atoms with Gasteiger partial charge in [-0.2, -0.15) is 5.10 Å². The van der Waals surface area contributed by atoms with Crippen molar-refractivity contribution in [3.8, 4) is 11.3 Å². The normalized spacial score (nSPS) is 23.9. The highest BCUT2D eigenvalue weighted by Crippen LogP contribution is 2.29. The van der Waals surface area contributed by atoms with Crippen molar-refractivity contribution >= 4 is 11.8 Å². The van der Waals surface area contributed by atoms with E-state index in [9.17, 15) is 5.11 Å². The Kier molecular flexibility index (Phi) is 3.87. The molecule has 0 aromatic carbocycles. The van der Waals surface area contributed by atoms with Crippen molar-refractivity contribution in [1.29, 1.82) is 0 Å². The van der Waals surface area contributed by atoms with E-state index < -0.39 is 0 Å². The largest absolute Gasteiger partial charge is 0.393 e. The molecule has 0 spiro atoms. The molecule has 0 atom stereocenters. The third-order valence-corrected chi connectivity index (χ3v) is 4.64. The van der Waals surface area contributed by atoms with Crippen molar-refractivity contribution < 1.29 is 5.11 Å². The molecule has 1 fully saturated rings. The molecule has 0 unspecified atom stereocenters. The number of rotatable bonds is 3. The fraction of sp³-hybridized carbons (Fsp3) is 0.562. The Bertz CT molecular complexity index is 677. The summed E-state index contributed by atoms with van der Waals surface area (Å²) in [4.78, 5) is 9.00. The first-order valence-electron chi connectivity index (χ1n) is 8.37. The van der Waals surface area contributed by atoms with Crippen molar-refractivity contribution in [3.63, 3.8) is 0 Å². The number of nitrogens with zero attached hydrogens (tertiary/aromatic N) is 4. The van der Waals surface area contributed by atoms with Crippen LogP contribution in [0.3, 0.4) is 0 Å². The fourth-order valence-electron chi connectivity index (χ4n) is 3.35. The van der Waals surface area contributed by atoms with Crippen LogP contribution in [0.5, 0.6) is 0 Å². The van der Waals surface area contributed by atoms with Crippen LogP contribution in [-0.2, 0) is 6.54 Å². The van der Waals surface area contributed by atoms with Gasteiger partial charge in [0.1, 0.15) is 5.82 Å². The highest BCUT2D eigenvalue weighted by Gasteiger charge is 2.21. The standard InChI is InChI=1S/C16H22N6O/c23-12-4-2-11(3-5-12)20-16-18-8-6-14(21-16)13-10-19-22-9-1-7-17-15(13)22/h6,8,10-12,17,23H,1-5,7,9H2,(H,18,20,21)/t11-,12-. The van der Waals surface area contributed by atoms with Crippen LogP contribution in [0.15, 0.2) is 18.5 Å². The predicted molar refractivity (Wildman–Crippen MR) is 88.2 cm³/mol. The second-order valence-corrected chi connectivity index (χ2v) is 6.33. The number of hydrogen-bond acceptors (Lipinski definition) is 6. The topological polar surface area (TPSA) is 87.9 Å². The summed E-state index contributed by atoms with van der Waals surface area (Å²) in [5.41, 5.74) is 1.91. The van der Waals surface area contributed by atoms with Gasteiger partial charge in [0.2, 0.25) is 5.95 Å². The third-order valence-electron chi connectivity index (χ3n) is 4.64. The highest BCUT2D eigenvalue weighted by molar-refractivity contribution is 5.73. The third kappa shape index (κ3) is 3.01. The molecule has 0 saturated heterocycles. The van der Waals surface area contributed by atoms with Crippen molar-refractivity contribution in [2.45, 2.75) is 50.8 Å². The molecule has 0 bridgehead atoms. The molecule has 7 heteroatoms. The molecule has 3 heterocycles. The molecule has 0 amide bonds. The second kappa shape index (κ2) is 6.16. The number of aliphatic hydroxyl groups is 1. The summed E-state index contributed by atoms with van der Waals surface area (Å²) in [7, 11) is 0. The van der Waals surface area contributed by atoms with Crippen LogP contribution in [0.4, 0.5) is 11.8 Å². The van der Waals surface area contributed by atoms with E-state index in [2.05, 4.69) is 25.7 Å². The summed E-state index contributed by atoms with van der Waals surface area (Å²) in [6.07, 6.45) is 8.21. The quantitative estimate of drug-likeness (QED) is 0.801. The Labute approximate surface area is 135 Å². The van der Waals surface area contributed by atoms with Gasteiger partial charge < -0.3 is 15.7 Å². The molecular formula is C16H22N6O. The lowest BCUT2D eigenvalue weighted by molar-refractivity contribution is 0.126.